The lowest BCUT2D eigenvalue weighted by atomic mass is 10.2. The Morgan fingerprint density at radius 2 is 1.38 bits per heavy atom. The number of anilines is 1. The van der Waals surface area contributed by atoms with E-state index >= 15 is 0 Å². The summed E-state index contributed by atoms with van der Waals surface area (Å²) in [5.41, 5.74) is 2.70. The first-order chi connectivity index (χ1) is 20.4. The predicted molar refractivity (Wildman–Crippen MR) is 158 cm³/mol. The van der Waals surface area contributed by atoms with E-state index in [1.54, 1.807) is 55.5 Å². The Balaban J connectivity index is 0.000000211. The third-order valence-corrected chi connectivity index (χ3v) is 6.96. The fraction of sp³-hybridized carbons (Fsp3) is 0.303. The first kappa shape index (κ1) is 28.7. The number of rotatable bonds is 11. The molecule has 42 heavy (non-hydrogen) atoms. The normalized spacial score (nSPS) is 13.9. The van der Waals surface area contributed by atoms with Gasteiger partial charge in [0.25, 0.3) is 5.91 Å². The van der Waals surface area contributed by atoms with Crippen molar-refractivity contribution >= 4 is 34.4 Å². The van der Waals surface area contributed by atoms with Gasteiger partial charge in [0, 0.05) is 22.2 Å². The van der Waals surface area contributed by atoms with Crippen LogP contribution < -0.4 is 14.8 Å². The number of carboxylic acid groups (broad SMARTS) is 1. The SMILES string of the molecule is CCOC(=O)c1cc2cc(NC(=O)c3ccc(OCC4CC4)cc3)ccc2[nH]1.O=C(O)c1ccc(OCC2CC2)cc1. The van der Waals surface area contributed by atoms with Crippen molar-refractivity contribution in [3.8, 4) is 11.5 Å². The number of benzene rings is 3. The minimum atomic E-state index is -0.904. The average molecular weight is 571 g/mol. The van der Waals surface area contributed by atoms with Crippen LogP contribution in [-0.4, -0.2) is 47.8 Å². The van der Waals surface area contributed by atoms with Crippen LogP contribution in [0.3, 0.4) is 0 Å². The Hall–Kier alpha value is -4.79. The molecule has 2 aliphatic carbocycles. The summed E-state index contributed by atoms with van der Waals surface area (Å²) in [5, 5.41) is 12.4. The number of aromatic carboxylic acids is 1. The summed E-state index contributed by atoms with van der Waals surface area (Å²) in [6.45, 7) is 3.59. The van der Waals surface area contributed by atoms with Gasteiger partial charge in [-0.3, -0.25) is 4.79 Å². The first-order valence-electron chi connectivity index (χ1n) is 14.2. The largest absolute Gasteiger partial charge is 0.493 e. The molecule has 1 aromatic heterocycles. The molecule has 218 valence electrons. The predicted octanol–water partition coefficient (Wildman–Crippen LogP) is 6.56. The molecule has 6 rings (SSSR count). The number of aromatic amines is 1. The van der Waals surface area contributed by atoms with E-state index in [4.69, 9.17) is 19.3 Å². The van der Waals surface area contributed by atoms with Gasteiger partial charge in [0.2, 0.25) is 0 Å². The number of carbonyl (C=O) groups is 3. The van der Waals surface area contributed by atoms with Crippen LogP contribution in [0.2, 0.25) is 0 Å². The molecular weight excluding hydrogens is 536 g/mol. The molecule has 2 fully saturated rings. The Bertz CT molecular complexity index is 1540. The number of ether oxygens (including phenoxy) is 3. The van der Waals surface area contributed by atoms with Crippen LogP contribution in [0, 0.1) is 11.8 Å². The van der Waals surface area contributed by atoms with E-state index in [1.165, 1.54) is 25.7 Å². The number of nitrogens with one attached hydrogen (secondary N) is 2. The van der Waals surface area contributed by atoms with Crippen LogP contribution in [-0.2, 0) is 4.74 Å². The van der Waals surface area contributed by atoms with Gasteiger partial charge in [-0.15, -0.1) is 0 Å². The van der Waals surface area contributed by atoms with Crippen LogP contribution in [0.1, 0.15) is 63.8 Å². The minimum Gasteiger partial charge on any atom is -0.493 e. The molecule has 1 heterocycles. The summed E-state index contributed by atoms with van der Waals surface area (Å²) in [6, 6.07) is 20.8. The second-order valence-corrected chi connectivity index (χ2v) is 10.5. The van der Waals surface area contributed by atoms with Crippen molar-refractivity contribution < 1.29 is 33.7 Å². The molecule has 4 aromatic rings. The molecule has 2 aliphatic rings. The highest BCUT2D eigenvalue weighted by atomic mass is 16.5. The standard InChI is InChI=1S/C22H22N2O4.C11H12O3/c1-2-27-22(26)20-12-16-11-17(7-10-19(16)24-20)23-21(25)15-5-8-18(9-6-15)28-13-14-3-4-14;12-11(13)9-3-5-10(6-4-9)14-7-8-1-2-8/h5-12,14,24H,2-4,13H2,1H3,(H,23,25);3-6,8H,1-2,7H2,(H,12,13). The lowest BCUT2D eigenvalue weighted by Crippen LogP contribution is -2.11. The summed E-state index contributed by atoms with van der Waals surface area (Å²) < 4.78 is 16.2. The number of fused-ring (bicyclic) bond motifs is 1. The average Bonchev–Trinajstić information content (AvgIpc) is 3.94. The van der Waals surface area contributed by atoms with Gasteiger partial charge in [0.15, 0.2) is 0 Å². The number of carbonyl (C=O) groups excluding carboxylic acids is 2. The third kappa shape index (κ3) is 8.13. The van der Waals surface area contributed by atoms with E-state index in [-0.39, 0.29) is 5.91 Å². The molecule has 2 saturated carbocycles. The zero-order valence-electron chi connectivity index (χ0n) is 23.4. The van der Waals surface area contributed by atoms with Crippen molar-refractivity contribution in [2.24, 2.45) is 11.8 Å². The molecule has 9 nitrogen and oxygen atoms in total. The number of amides is 1. The van der Waals surface area contributed by atoms with Crippen LogP contribution in [0.4, 0.5) is 5.69 Å². The number of carboxylic acids is 1. The molecular formula is C33H34N2O7. The van der Waals surface area contributed by atoms with Crippen molar-refractivity contribution in [2.45, 2.75) is 32.6 Å². The van der Waals surface area contributed by atoms with Gasteiger partial charge < -0.3 is 29.6 Å². The van der Waals surface area contributed by atoms with Gasteiger partial charge >= 0.3 is 11.9 Å². The summed E-state index contributed by atoms with van der Waals surface area (Å²) in [7, 11) is 0. The van der Waals surface area contributed by atoms with E-state index in [9.17, 15) is 14.4 Å². The van der Waals surface area contributed by atoms with Crippen LogP contribution in [0.15, 0.2) is 72.8 Å². The van der Waals surface area contributed by atoms with Crippen LogP contribution >= 0.6 is 0 Å². The Morgan fingerprint density at radius 3 is 1.90 bits per heavy atom. The number of H-pyrrole nitrogens is 1. The van der Waals surface area contributed by atoms with E-state index < -0.39 is 11.9 Å². The lowest BCUT2D eigenvalue weighted by Gasteiger charge is -2.08. The van der Waals surface area contributed by atoms with Crippen molar-refractivity contribution in [1.29, 1.82) is 0 Å². The van der Waals surface area contributed by atoms with Crippen molar-refractivity contribution in [3.05, 3.63) is 89.6 Å². The first-order valence-corrected chi connectivity index (χ1v) is 14.2. The number of esters is 1. The maximum Gasteiger partial charge on any atom is 0.354 e. The van der Waals surface area contributed by atoms with Gasteiger partial charge in [0.05, 0.1) is 25.4 Å². The summed E-state index contributed by atoms with van der Waals surface area (Å²) >= 11 is 0. The second-order valence-electron chi connectivity index (χ2n) is 10.5. The van der Waals surface area contributed by atoms with Gasteiger partial charge in [-0.25, -0.2) is 9.59 Å². The number of hydrogen-bond acceptors (Lipinski definition) is 6. The third-order valence-electron chi connectivity index (χ3n) is 6.96. The molecule has 0 radical (unpaired) electrons. The highest BCUT2D eigenvalue weighted by Crippen LogP contribution is 2.30. The quantitative estimate of drug-likeness (QED) is 0.174. The van der Waals surface area contributed by atoms with Crippen molar-refractivity contribution in [2.75, 3.05) is 25.1 Å². The van der Waals surface area contributed by atoms with E-state index in [2.05, 4.69) is 10.3 Å². The monoisotopic (exact) mass is 570 g/mol. The van der Waals surface area contributed by atoms with E-state index in [1.807, 2.05) is 24.3 Å². The van der Waals surface area contributed by atoms with E-state index in [0.717, 1.165) is 35.6 Å². The molecule has 9 heteroatoms. The van der Waals surface area contributed by atoms with Gasteiger partial charge in [-0.1, -0.05) is 0 Å². The van der Waals surface area contributed by atoms with Gasteiger partial charge in [-0.2, -0.15) is 0 Å². The van der Waals surface area contributed by atoms with Crippen LogP contribution in [0.5, 0.6) is 11.5 Å². The highest BCUT2D eigenvalue weighted by Gasteiger charge is 2.22. The molecule has 0 aliphatic heterocycles. The molecule has 0 bridgehead atoms. The van der Waals surface area contributed by atoms with Crippen LogP contribution in [0.25, 0.3) is 10.9 Å². The molecule has 0 spiro atoms. The summed E-state index contributed by atoms with van der Waals surface area (Å²) in [4.78, 5) is 37.9. The fourth-order valence-electron chi connectivity index (χ4n) is 4.13. The highest BCUT2D eigenvalue weighted by molar-refractivity contribution is 6.05. The Labute approximate surface area is 243 Å². The zero-order valence-corrected chi connectivity index (χ0v) is 23.4. The topological polar surface area (TPSA) is 127 Å². The molecule has 1 amide bonds. The van der Waals surface area contributed by atoms with Crippen molar-refractivity contribution in [1.82, 2.24) is 4.98 Å². The molecule has 0 unspecified atom stereocenters. The smallest absolute Gasteiger partial charge is 0.354 e. The Morgan fingerprint density at radius 1 is 0.810 bits per heavy atom. The summed E-state index contributed by atoms with van der Waals surface area (Å²) in [6.07, 6.45) is 5.00. The van der Waals surface area contributed by atoms with Crippen molar-refractivity contribution in [3.63, 3.8) is 0 Å². The number of hydrogen-bond donors (Lipinski definition) is 3. The molecule has 3 aromatic carbocycles. The number of aromatic nitrogens is 1. The second kappa shape index (κ2) is 13.2. The lowest BCUT2D eigenvalue weighted by molar-refractivity contribution is 0.0520. The molecule has 0 saturated heterocycles. The molecule has 3 N–H and O–H groups in total. The van der Waals surface area contributed by atoms with E-state index in [0.29, 0.717) is 41.0 Å². The molecule has 0 atom stereocenters. The maximum absolute atomic E-state index is 12.5. The zero-order chi connectivity index (χ0) is 29.5. The Kier molecular flexibility index (Phi) is 9.06. The maximum atomic E-state index is 12.5. The summed E-state index contributed by atoms with van der Waals surface area (Å²) in [5.74, 6) is 1.44. The van der Waals surface area contributed by atoms with Gasteiger partial charge in [0.1, 0.15) is 17.2 Å². The minimum absolute atomic E-state index is 0.200. The fourth-order valence-corrected chi connectivity index (χ4v) is 4.13. The van der Waals surface area contributed by atoms with Gasteiger partial charge in [-0.05, 0) is 117 Å².